The van der Waals surface area contributed by atoms with Crippen molar-refractivity contribution < 1.29 is 14.3 Å². The molecule has 0 spiro atoms. The van der Waals surface area contributed by atoms with Crippen LogP contribution >= 0.6 is 0 Å². The summed E-state index contributed by atoms with van der Waals surface area (Å²) in [5, 5.41) is 9.24. The molecule has 19 heavy (non-hydrogen) atoms. The molecule has 0 amide bonds. The van der Waals surface area contributed by atoms with E-state index in [1.807, 2.05) is 4.90 Å². The zero-order valence-corrected chi connectivity index (χ0v) is 11.2. The lowest BCUT2D eigenvalue weighted by Gasteiger charge is -2.38. The van der Waals surface area contributed by atoms with Gasteiger partial charge in [-0.3, -0.25) is 0 Å². The summed E-state index contributed by atoms with van der Waals surface area (Å²) in [7, 11) is 0. The molecule has 1 aliphatic heterocycles. The fourth-order valence-electron chi connectivity index (χ4n) is 2.91. The number of benzene rings is 1. The van der Waals surface area contributed by atoms with Crippen molar-refractivity contribution in [1.29, 1.82) is 0 Å². The van der Waals surface area contributed by atoms with Crippen LogP contribution in [0.2, 0.25) is 0 Å². The molecule has 0 radical (unpaired) electrons. The number of halogens is 1. The van der Waals surface area contributed by atoms with E-state index < -0.39 is 11.8 Å². The Morgan fingerprint density at radius 1 is 1.47 bits per heavy atom. The summed E-state index contributed by atoms with van der Waals surface area (Å²) < 4.78 is 14.1. The third-order valence-electron chi connectivity index (χ3n) is 3.75. The van der Waals surface area contributed by atoms with Crippen LogP contribution in [0.5, 0.6) is 0 Å². The zero-order valence-electron chi connectivity index (χ0n) is 11.2. The zero-order chi connectivity index (χ0) is 13.8. The van der Waals surface area contributed by atoms with E-state index in [0.29, 0.717) is 0 Å². The Morgan fingerprint density at radius 3 is 2.95 bits per heavy atom. The smallest absolute Gasteiger partial charge is 0.337 e. The van der Waals surface area contributed by atoms with Crippen LogP contribution in [0.3, 0.4) is 0 Å². The first-order valence-corrected chi connectivity index (χ1v) is 6.93. The number of rotatable bonds is 4. The fourth-order valence-corrected chi connectivity index (χ4v) is 2.91. The summed E-state index contributed by atoms with van der Waals surface area (Å²) in [5.74, 6) is -1.49. The predicted molar refractivity (Wildman–Crippen MR) is 73.3 cm³/mol. The van der Waals surface area contributed by atoms with Crippen LogP contribution in [-0.4, -0.2) is 23.7 Å². The minimum atomic E-state index is -1.06. The van der Waals surface area contributed by atoms with E-state index >= 15 is 0 Å². The molecule has 3 nitrogen and oxygen atoms in total. The van der Waals surface area contributed by atoms with Crippen molar-refractivity contribution in [3.05, 3.63) is 29.6 Å². The highest BCUT2D eigenvalue weighted by atomic mass is 19.1. The molecule has 1 heterocycles. The molecular formula is C15H20FNO2. The number of hydrogen-bond donors (Lipinski definition) is 1. The second-order valence-electron chi connectivity index (χ2n) is 5.07. The molecule has 4 heteroatoms. The first-order chi connectivity index (χ1) is 9.15. The van der Waals surface area contributed by atoms with Crippen LogP contribution in [0.4, 0.5) is 10.1 Å². The number of nitrogens with zero attached hydrogens (tertiary/aromatic N) is 1. The maximum Gasteiger partial charge on any atom is 0.337 e. The van der Waals surface area contributed by atoms with E-state index in [4.69, 9.17) is 0 Å². The van der Waals surface area contributed by atoms with Crippen molar-refractivity contribution in [2.75, 3.05) is 11.4 Å². The number of hydrogen-bond acceptors (Lipinski definition) is 2. The van der Waals surface area contributed by atoms with Crippen molar-refractivity contribution in [2.24, 2.45) is 0 Å². The van der Waals surface area contributed by atoms with E-state index in [9.17, 15) is 14.3 Å². The van der Waals surface area contributed by atoms with E-state index in [-0.39, 0.29) is 17.3 Å². The first-order valence-electron chi connectivity index (χ1n) is 6.93. The van der Waals surface area contributed by atoms with Gasteiger partial charge in [-0.25, -0.2) is 9.18 Å². The van der Waals surface area contributed by atoms with Gasteiger partial charge >= 0.3 is 5.97 Å². The van der Waals surface area contributed by atoms with Crippen LogP contribution in [0.1, 0.15) is 49.4 Å². The normalized spacial score (nSPS) is 19.5. The van der Waals surface area contributed by atoms with Gasteiger partial charge in [0.25, 0.3) is 0 Å². The van der Waals surface area contributed by atoms with Gasteiger partial charge in [-0.1, -0.05) is 19.4 Å². The Labute approximate surface area is 113 Å². The quantitative estimate of drug-likeness (QED) is 0.902. The molecule has 104 valence electrons. The van der Waals surface area contributed by atoms with Gasteiger partial charge in [0.1, 0.15) is 5.82 Å². The Hall–Kier alpha value is -1.58. The number of piperidine rings is 1. The molecule has 0 bridgehead atoms. The molecular weight excluding hydrogens is 245 g/mol. The first kappa shape index (κ1) is 13.8. The minimum Gasteiger partial charge on any atom is -0.478 e. The Balaban J connectivity index is 2.40. The van der Waals surface area contributed by atoms with Gasteiger partial charge in [-0.05, 0) is 37.8 Å². The largest absolute Gasteiger partial charge is 0.478 e. The summed E-state index contributed by atoms with van der Waals surface area (Å²) in [4.78, 5) is 13.3. The van der Waals surface area contributed by atoms with Crippen LogP contribution < -0.4 is 4.90 Å². The average molecular weight is 265 g/mol. The summed E-state index contributed by atoms with van der Waals surface area (Å²) in [6, 6.07) is 4.55. The Kier molecular flexibility index (Phi) is 4.40. The summed E-state index contributed by atoms with van der Waals surface area (Å²) in [5.41, 5.74) is 0.344. The van der Waals surface area contributed by atoms with Crippen molar-refractivity contribution in [2.45, 2.75) is 45.1 Å². The van der Waals surface area contributed by atoms with Gasteiger partial charge in [0.15, 0.2) is 0 Å². The number of carbonyl (C=O) groups is 1. The van der Waals surface area contributed by atoms with Crippen molar-refractivity contribution in [3.8, 4) is 0 Å². The van der Waals surface area contributed by atoms with Crippen molar-refractivity contribution in [1.82, 2.24) is 0 Å². The molecule has 1 saturated heterocycles. The number of para-hydroxylation sites is 1. The molecule has 2 rings (SSSR count). The molecule has 1 aromatic rings. The molecule has 1 unspecified atom stereocenters. The minimum absolute atomic E-state index is 0.0722. The Bertz CT molecular complexity index is 459. The van der Waals surface area contributed by atoms with Gasteiger partial charge in [0, 0.05) is 12.6 Å². The van der Waals surface area contributed by atoms with Crippen LogP contribution in [0.25, 0.3) is 0 Å². The topological polar surface area (TPSA) is 40.5 Å². The summed E-state index contributed by atoms with van der Waals surface area (Å²) in [6.07, 6.45) is 5.15. The van der Waals surface area contributed by atoms with Gasteiger partial charge in [-0.15, -0.1) is 0 Å². The second kappa shape index (κ2) is 6.04. The number of anilines is 1. The third kappa shape index (κ3) is 2.88. The highest BCUT2D eigenvalue weighted by Crippen LogP contribution is 2.32. The molecule has 0 aromatic heterocycles. The summed E-state index contributed by atoms with van der Waals surface area (Å²) >= 11 is 0. The number of carboxylic acids is 1. The van der Waals surface area contributed by atoms with E-state index in [1.54, 1.807) is 0 Å². The van der Waals surface area contributed by atoms with Gasteiger partial charge in [0.2, 0.25) is 0 Å². The maximum absolute atomic E-state index is 14.1. The fraction of sp³-hybridized carbons (Fsp3) is 0.533. The lowest BCUT2D eigenvalue weighted by atomic mass is 9.96. The van der Waals surface area contributed by atoms with E-state index in [2.05, 4.69) is 6.92 Å². The van der Waals surface area contributed by atoms with Gasteiger partial charge < -0.3 is 10.0 Å². The highest BCUT2D eigenvalue weighted by Gasteiger charge is 2.27. The standard InChI is InChI=1S/C15H20FNO2/c1-2-6-11-7-3-4-10-17(11)14-12(15(18)19)8-5-9-13(14)16/h5,8-9,11H,2-4,6-7,10H2,1H3,(H,18,19). The number of aromatic carboxylic acids is 1. The van der Waals surface area contributed by atoms with Crippen LogP contribution in [0.15, 0.2) is 18.2 Å². The lowest BCUT2D eigenvalue weighted by Crippen LogP contribution is -2.40. The SMILES string of the molecule is CCCC1CCCCN1c1c(F)cccc1C(=O)O. The number of carboxylic acid groups (broad SMARTS) is 1. The van der Waals surface area contributed by atoms with E-state index in [0.717, 1.165) is 38.6 Å². The predicted octanol–water partition coefficient (Wildman–Crippen LogP) is 3.68. The van der Waals surface area contributed by atoms with Crippen molar-refractivity contribution >= 4 is 11.7 Å². The van der Waals surface area contributed by atoms with Crippen molar-refractivity contribution in [3.63, 3.8) is 0 Å². The van der Waals surface area contributed by atoms with Gasteiger partial charge in [-0.2, -0.15) is 0 Å². The summed E-state index contributed by atoms with van der Waals surface area (Å²) in [6.45, 7) is 2.85. The third-order valence-corrected chi connectivity index (χ3v) is 3.75. The lowest BCUT2D eigenvalue weighted by molar-refractivity contribution is 0.0697. The highest BCUT2D eigenvalue weighted by molar-refractivity contribution is 5.94. The molecule has 0 aliphatic carbocycles. The molecule has 0 saturated carbocycles. The van der Waals surface area contributed by atoms with Gasteiger partial charge in [0.05, 0.1) is 11.3 Å². The second-order valence-corrected chi connectivity index (χ2v) is 5.07. The Morgan fingerprint density at radius 2 is 2.26 bits per heavy atom. The molecule has 1 atom stereocenters. The molecule has 1 aliphatic rings. The monoisotopic (exact) mass is 265 g/mol. The average Bonchev–Trinajstić information content (AvgIpc) is 2.40. The molecule has 1 fully saturated rings. The molecule has 1 N–H and O–H groups in total. The molecule has 1 aromatic carbocycles. The van der Waals surface area contributed by atoms with Crippen LogP contribution in [-0.2, 0) is 0 Å². The van der Waals surface area contributed by atoms with E-state index in [1.165, 1.54) is 18.2 Å². The van der Waals surface area contributed by atoms with Crippen LogP contribution in [0, 0.1) is 5.82 Å². The maximum atomic E-state index is 14.1.